The molecule has 4 heteroatoms. The van der Waals surface area contributed by atoms with Crippen molar-refractivity contribution in [2.24, 2.45) is 11.8 Å². The molecule has 0 aromatic carbocycles. The van der Waals surface area contributed by atoms with Crippen LogP contribution in [0.1, 0.15) is 19.3 Å². The Morgan fingerprint density at radius 3 is 2.46 bits per heavy atom. The highest BCUT2D eigenvalue weighted by Gasteiger charge is 2.38. The lowest BCUT2D eigenvalue weighted by Gasteiger charge is -2.23. The van der Waals surface area contributed by atoms with Gasteiger partial charge in [-0.1, -0.05) is 6.42 Å². The minimum absolute atomic E-state index is 0.00694. The summed E-state index contributed by atoms with van der Waals surface area (Å²) >= 11 is 0. The summed E-state index contributed by atoms with van der Waals surface area (Å²) in [5.74, 6) is -1.03. The van der Waals surface area contributed by atoms with Crippen molar-refractivity contribution in [2.75, 3.05) is 14.2 Å². The van der Waals surface area contributed by atoms with Crippen LogP contribution in [0.4, 0.5) is 0 Å². The van der Waals surface area contributed by atoms with Crippen molar-refractivity contribution >= 4 is 5.97 Å². The predicted molar refractivity (Wildman–Crippen MR) is 46.3 cm³/mol. The molecule has 1 aliphatic carbocycles. The van der Waals surface area contributed by atoms with Gasteiger partial charge >= 0.3 is 5.97 Å². The van der Waals surface area contributed by atoms with Crippen molar-refractivity contribution in [1.29, 1.82) is 0 Å². The largest absolute Gasteiger partial charge is 0.481 e. The Kier molecular flexibility index (Phi) is 3.69. The van der Waals surface area contributed by atoms with Crippen LogP contribution in [0.25, 0.3) is 0 Å². The van der Waals surface area contributed by atoms with E-state index in [1.807, 2.05) is 0 Å². The third-order valence-corrected chi connectivity index (χ3v) is 2.70. The normalized spacial score (nSPS) is 28.2. The monoisotopic (exact) mass is 188 g/mol. The van der Waals surface area contributed by atoms with Crippen molar-refractivity contribution in [3.05, 3.63) is 0 Å². The number of rotatable bonds is 4. The van der Waals surface area contributed by atoms with Crippen LogP contribution in [0.2, 0.25) is 0 Å². The van der Waals surface area contributed by atoms with E-state index in [1.165, 1.54) is 0 Å². The minimum atomic E-state index is -0.735. The molecule has 76 valence electrons. The van der Waals surface area contributed by atoms with E-state index in [0.29, 0.717) is 0 Å². The zero-order valence-electron chi connectivity index (χ0n) is 8.03. The number of hydrogen-bond acceptors (Lipinski definition) is 3. The van der Waals surface area contributed by atoms with Crippen LogP contribution in [0.3, 0.4) is 0 Å². The van der Waals surface area contributed by atoms with Crippen LogP contribution < -0.4 is 0 Å². The Balaban J connectivity index is 2.61. The SMILES string of the molecule is COC(OC)[C@H]1CCC[C@H]1C(=O)O. The number of ether oxygens (including phenoxy) is 2. The summed E-state index contributed by atoms with van der Waals surface area (Å²) in [6.45, 7) is 0. The smallest absolute Gasteiger partial charge is 0.306 e. The number of methoxy groups -OCH3 is 2. The van der Waals surface area contributed by atoms with E-state index >= 15 is 0 Å². The fraction of sp³-hybridized carbons (Fsp3) is 0.889. The first-order chi connectivity index (χ1) is 6.20. The highest BCUT2D eigenvalue weighted by Crippen LogP contribution is 2.35. The van der Waals surface area contributed by atoms with E-state index in [9.17, 15) is 4.79 Å². The molecule has 0 aromatic rings. The topological polar surface area (TPSA) is 55.8 Å². The van der Waals surface area contributed by atoms with Gasteiger partial charge in [0.2, 0.25) is 0 Å². The molecule has 0 spiro atoms. The minimum Gasteiger partial charge on any atom is -0.481 e. The van der Waals surface area contributed by atoms with Crippen LogP contribution in [0.15, 0.2) is 0 Å². The number of aliphatic carboxylic acids is 1. The first kappa shape index (κ1) is 10.5. The lowest BCUT2D eigenvalue weighted by Crippen LogP contribution is -2.31. The molecule has 13 heavy (non-hydrogen) atoms. The van der Waals surface area contributed by atoms with Crippen molar-refractivity contribution in [3.63, 3.8) is 0 Å². The summed E-state index contributed by atoms with van der Waals surface area (Å²) in [6.07, 6.45) is 2.20. The van der Waals surface area contributed by atoms with E-state index in [0.717, 1.165) is 19.3 Å². The average Bonchev–Trinajstić information content (AvgIpc) is 2.55. The molecule has 0 aromatic heterocycles. The van der Waals surface area contributed by atoms with Crippen molar-refractivity contribution < 1.29 is 19.4 Å². The summed E-state index contributed by atoms with van der Waals surface area (Å²) in [5.41, 5.74) is 0. The highest BCUT2D eigenvalue weighted by atomic mass is 16.7. The first-order valence-corrected chi connectivity index (χ1v) is 4.49. The van der Waals surface area contributed by atoms with Gasteiger partial charge in [-0.3, -0.25) is 4.79 Å². The van der Waals surface area contributed by atoms with Gasteiger partial charge in [-0.05, 0) is 12.8 Å². The second kappa shape index (κ2) is 4.58. The Bertz CT molecular complexity index is 176. The molecule has 1 rings (SSSR count). The van der Waals surface area contributed by atoms with Crippen molar-refractivity contribution in [1.82, 2.24) is 0 Å². The fourth-order valence-corrected chi connectivity index (χ4v) is 2.07. The molecule has 0 saturated heterocycles. The fourth-order valence-electron chi connectivity index (χ4n) is 2.07. The molecule has 1 aliphatic rings. The van der Waals surface area contributed by atoms with E-state index < -0.39 is 5.97 Å². The molecule has 0 radical (unpaired) electrons. The zero-order chi connectivity index (χ0) is 9.84. The molecule has 1 N–H and O–H groups in total. The van der Waals surface area contributed by atoms with Crippen LogP contribution in [0, 0.1) is 11.8 Å². The quantitative estimate of drug-likeness (QED) is 0.671. The first-order valence-electron chi connectivity index (χ1n) is 4.49. The summed E-state index contributed by atoms with van der Waals surface area (Å²) < 4.78 is 10.2. The third kappa shape index (κ3) is 2.19. The maximum absolute atomic E-state index is 10.8. The number of hydrogen-bond donors (Lipinski definition) is 1. The van der Waals surface area contributed by atoms with Crippen LogP contribution in [0.5, 0.6) is 0 Å². The Morgan fingerprint density at radius 2 is 2.00 bits per heavy atom. The second-order valence-electron chi connectivity index (χ2n) is 3.38. The molecule has 2 atom stereocenters. The lowest BCUT2D eigenvalue weighted by atomic mass is 9.95. The molecule has 0 amide bonds. The summed E-state index contributed by atoms with van der Waals surface area (Å²) in [6, 6.07) is 0. The van der Waals surface area contributed by atoms with Gasteiger partial charge < -0.3 is 14.6 Å². The molecule has 4 nitrogen and oxygen atoms in total. The van der Waals surface area contributed by atoms with Gasteiger partial charge in [0.25, 0.3) is 0 Å². The van der Waals surface area contributed by atoms with Gasteiger partial charge in [-0.2, -0.15) is 0 Å². The Morgan fingerprint density at radius 1 is 1.38 bits per heavy atom. The zero-order valence-corrected chi connectivity index (χ0v) is 8.03. The van der Waals surface area contributed by atoms with E-state index in [1.54, 1.807) is 14.2 Å². The third-order valence-electron chi connectivity index (χ3n) is 2.70. The van der Waals surface area contributed by atoms with Crippen LogP contribution >= 0.6 is 0 Å². The van der Waals surface area contributed by atoms with Gasteiger partial charge in [0.1, 0.15) is 0 Å². The van der Waals surface area contributed by atoms with Gasteiger partial charge in [0, 0.05) is 20.1 Å². The maximum Gasteiger partial charge on any atom is 0.306 e. The standard InChI is InChI=1S/C9H16O4/c1-12-9(13-2)7-5-3-4-6(7)8(10)11/h6-7,9H,3-5H2,1-2H3,(H,10,11)/t6-,7+/m1/s1. The molecule has 0 aliphatic heterocycles. The van der Waals surface area contributed by atoms with Gasteiger partial charge in [0.05, 0.1) is 5.92 Å². The molecular weight excluding hydrogens is 172 g/mol. The van der Waals surface area contributed by atoms with E-state index in [2.05, 4.69) is 0 Å². The van der Waals surface area contributed by atoms with Crippen LogP contribution in [-0.2, 0) is 14.3 Å². The second-order valence-corrected chi connectivity index (χ2v) is 3.38. The molecule has 0 bridgehead atoms. The average molecular weight is 188 g/mol. The molecule has 0 heterocycles. The number of carboxylic acid groups (broad SMARTS) is 1. The summed E-state index contributed by atoms with van der Waals surface area (Å²) in [5, 5.41) is 8.91. The highest BCUT2D eigenvalue weighted by molar-refractivity contribution is 5.70. The molecular formula is C9H16O4. The van der Waals surface area contributed by atoms with E-state index in [-0.39, 0.29) is 18.1 Å². The Hall–Kier alpha value is -0.610. The van der Waals surface area contributed by atoms with Crippen molar-refractivity contribution in [3.8, 4) is 0 Å². The van der Waals surface area contributed by atoms with Gasteiger partial charge in [-0.15, -0.1) is 0 Å². The van der Waals surface area contributed by atoms with Crippen molar-refractivity contribution in [2.45, 2.75) is 25.6 Å². The maximum atomic E-state index is 10.8. The lowest BCUT2D eigenvalue weighted by molar-refractivity contribution is -0.163. The molecule has 0 unspecified atom stereocenters. The van der Waals surface area contributed by atoms with E-state index in [4.69, 9.17) is 14.6 Å². The molecule has 1 fully saturated rings. The molecule has 1 saturated carbocycles. The summed E-state index contributed by atoms with van der Waals surface area (Å²) in [7, 11) is 3.09. The number of carbonyl (C=O) groups is 1. The van der Waals surface area contributed by atoms with Gasteiger partial charge in [-0.25, -0.2) is 0 Å². The van der Waals surface area contributed by atoms with Crippen LogP contribution in [-0.4, -0.2) is 31.6 Å². The number of carboxylic acids is 1. The predicted octanol–water partition coefficient (Wildman–Crippen LogP) is 1.11. The Labute approximate surface area is 77.8 Å². The summed E-state index contributed by atoms with van der Waals surface area (Å²) in [4.78, 5) is 10.8. The van der Waals surface area contributed by atoms with Gasteiger partial charge in [0.15, 0.2) is 6.29 Å².